The van der Waals surface area contributed by atoms with E-state index >= 15 is 0 Å². The summed E-state index contributed by atoms with van der Waals surface area (Å²) in [6, 6.07) is 7.89. The lowest BCUT2D eigenvalue weighted by Crippen LogP contribution is -2.44. The van der Waals surface area contributed by atoms with Crippen LogP contribution in [0.1, 0.15) is 40.7 Å². The predicted octanol–water partition coefficient (Wildman–Crippen LogP) is 2.93. The van der Waals surface area contributed by atoms with E-state index in [9.17, 15) is 9.59 Å². The Morgan fingerprint density at radius 3 is 2.87 bits per heavy atom. The highest BCUT2D eigenvalue weighted by Crippen LogP contribution is 2.26. The predicted molar refractivity (Wildman–Crippen MR) is 119 cm³/mol. The Morgan fingerprint density at radius 1 is 1.33 bits per heavy atom. The van der Waals surface area contributed by atoms with Crippen LogP contribution in [0.2, 0.25) is 0 Å². The second-order valence-corrected chi connectivity index (χ2v) is 8.84. The molecule has 30 heavy (non-hydrogen) atoms. The number of nitrogens with two attached hydrogens (primary N) is 1. The normalized spacial score (nSPS) is 16.7. The minimum atomic E-state index is -0.331. The number of fused-ring (bicyclic) bond motifs is 1. The van der Waals surface area contributed by atoms with Crippen LogP contribution in [0.4, 0.5) is 5.82 Å². The zero-order chi connectivity index (χ0) is 21.3. The molecule has 1 aliphatic rings. The number of piperidine rings is 1. The summed E-state index contributed by atoms with van der Waals surface area (Å²) in [5.74, 6) is 0.340. The molecule has 1 saturated heterocycles. The van der Waals surface area contributed by atoms with E-state index in [1.807, 2.05) is 22.7 Å². The summed E-state index contributed by atoms with van der Waals surface area (Å²) in [6.07, 6.45) is 4.22. The van der Waals surface area contributed by atoms with Gasteiger partial charge in [-0.1, -0.05) is 13.0 Å². The molecule has 1 unspecified atom stereocenters. The Bertz CT molecular complexity index is 1060. The van der Waals surface area contributed by atoms with Crippen molar-refractivity contribution in [3.63, 3.8) is 0 Å². The molecule has 8 heteroatoms. The van der Waals surface area contributed by atoms with E-state index < -0.39 is 0 Å². The van der Waals surface area contributed by atoms with Gasteiger partial charge in [-0.25, -0.2) is 4.98 Å². The Morgan fingerprint density at radius 2 is 2.17 bits per heavy atom. The molecule has 1 atom stereocenters. The van der Waals surface area contributed by atoms with Gasteiger partial charge in [0.15, 0.2) is 0 Å². The second-order valence-electron chi connectivity index (χ2n) is 7.81. The van der Waals surface area contributed by atoms with Gasteiger partial charge in [-0.3, -0.25) is 14.0 Å². The Kier molecular flexibility index (Phi) is 5.76. The van der Waals surface area contributed by atoms with Gasteiger partial charge in [-0.15, -0.1) is 11.3 Å². The number of hydrogen-bond donors (Lipinski definition) is 1. The number of carbonyl (C=O) groups is 2. The number of hydrogen-bond acceptors (Lipinski definition) is 5. The lowest BCUT2D eigenvalue weighted by molar-refractivity contribution is -0.123. The molecule has 3 aromatic rings. The van der Waals surface area contributed by atoms with Gasteiger partial charge in [0.25, 0.3) is 5.91 Å². The fraction of sp³-hybridized carbons (Fsp3) is 0.409. The fourth-order valence-corrected chi connectivity index (χ4v) is 4.89. The zero-order valence-electron chi connectivity index (χ0n) is 17.4. The number of anilines is 1. The van der Waals surface area contributed by atoms with Gasteiger partial charge in [-0.05, 0) is 42.8 Å². The standard InChI is InChI=1S/C22H27N5O2S/c1-3-18-21(25(2)14-17-7-5-11-30-17)27-13-16(8-9-19(27)24-18)22(29)26-10-4-6-15(12-26)20(23)28/h5,7-9,11,13,15H,3-4,6,10,12,14H2,1-2H3,(H2,23,28). The molecule has 0 aliphatic carbocycles. The van der Waals surface area contributed by atoms with Crippen LogP contribution >= 0.6 is 11.3 Å². The molecule has 4 rings (SSSR count). The number of primary amides is 1. The third-order valence-corrected chi connectivity index (χ3v) is 6.55. The van der Waals surface area contributed by atoms with Crippen LogP contribution in [0.15, 0.2) is 35.8 Å². The van der Waals surface area contributed by atoms with Crippen molar-refractivity contribution in [3.8, 4) is 0 Å². The van der Waals surface area contributed by atoms with E-state index in [0.717, 1.165) is 43.0 Å². The van der Waals surface area contributed by atoms with Crippen LogP contribution in [-0.4, -0.2) is 46.2 Å². The number of thiophene rings is 1. The first-order valence-electron chi connectivity index (χ1n) is 10.3. The molecule has 2 amide bonds. The van der Waals surface area contributed by atoms with E-state index in [1.165, 1.54) is 4.88 Å². The first-order chi connectivity index (χ1) is 14.5. The molecule has 2 N–H and O–H groups in total. The SMILES string of the molecule is CCc1nc2ccc(C(=O)N3CCCC(C(N)=O)C3)cn2c1N(C)Cc1cccs1. The van der Waals surface area contributed by atoms with Crippen LogP contribution in [-0.2, 0) is 17.8 Å². The maximum Gasteiger partial charge on any atom is 0.255 e. The minimum absolute atomic E-state index is 0.0681. The molecular weight excluding hydrogens is 398 g/mol. The monoisotopic (exact) mass is 425 g/mol. The van der Waals surface area contributed by atoms with Crippen molar-refractivity contribution in [2.45, 2.75) is 32.7 Å². The third-order valence-electron chi connectivity index (χ3n) is 5.69. The fourth-order valence-electron chi connectivity index (χ4n) is 4.14. The molecule has 158 valence electrons. The zero-order valence-corrected chi connectivity index (χ0v) is 18.2. The molecule has 0 spiro atoms. The van der Waals surface area contributed by atoms with Crippen molar-refractivity contribution in [3.05, 3.63) is 52.0 Å². The van der Waals surface area contributed by atoms with Crippen molar-refractivity contribution in [1.29, 1.82) is 0 Å². The van der Waals surface area contributed by atoms with Gasteiger partial charge in [0.1, 0.15) is 11.5 Å². The number of aromatic nitrogens is 2. The lowest BCUT2D eigenvalue weighted by atomic mass is 9.97. The third kappa shape index (κ3) is 3.92. The smallest absolute Gasteiger partial charge is 0.255 e. The molecule has 3 aromatic heterocycles. The van der Waals surface area contributed by atoms with E-state index in [-0.39, 0.29) is 17.7 Å². The average molecular weight is 426 g/mol. The van der Waals surface area contributed by atoms with E-state index in [1.54, 1.807) is 16.2 Å². The average Bonchev–Trinajstić information content (AvgIpc) is 3.39. The van der Waals surface area contributed by atoms with Crippen LogP contribution in [0.3, 0.4) is 0 Å². The highest BCUT2D eigenvalue weighted by atomic mass is 32.1. The van der Waals surface area contributed by atoms with Crippen LogP contribution in [0.25, 0.3) is 5.65 Å². The summed E-state index contributed by atoms with van der Waals surface area (Å²) >= 11 is 1.73. The van der Waals surface area contributed by atoms with Gasteiger partial charge in [0.2, 0.25) is 5.91 Å². The van der Waals surface area contributed by atoms with Crippen molar-refractivity contribution in [2.75, 3.05) is 25.0 Å². The van der Waals surface area contributed by atoms with Crippen molar-refractivity contribution in [2.24, 2.45) is 11.7 Å². The van der Waals surface area contributed by atoms with Gasteiger partial charge >= 0.3 is 0 Å². The highest BCUT2D eigenvalue weighted by Gasteiger charge is 2.28. The summed E-state index contributed by atoms with van der Waals surface area (Å²) in [4.78, 5) is 34.7. The summed E-state index contributed by atoms with van der Waals surface area (Å²) in [5, 5.41) is 2.08. The van der Waals surface area contributed by atoms with Gasteiger partial charge < -0.3 is 15.5 Å². The second kappa shape index (κ2) is 8.47. The maximum absolute atomic E-state index is 13.2. The Labute approximate surface area is 180 Å². The molecule has 0 saturated carbocycles. The molecule has 1 fully saturated rings. The van der Waals surface area contributed by atoms with Crippen LogP contribution in [0.5, 0.6) is 0 Å². The maximum atomic E-state index is 13.2. The summed E-state index contributed by atoms with van der Waals surface area (Å²) in [6.45, 7) is 3.91. The van der Waals surface area contributed by atoms with Gasteiger partial charge in [0, 0.05) is 31.2 Å². The minimum Gasteiger partial charge on any atom is -0.369 e. The molecule has 0 bridgehead atoms. The molecule has 0 radical (unpaired) electrons. The topological polar surface area (TPSA) is 83.9 Å². The number of imidazole rings is 1. The highest BCUT2D eigenvalue weighted by molar-refractivity contribution is 7.09. The summed E-state index contributed by atoms with van der Waals surface area (Å²) in [5.41, 5.74) is 7.90. The summed E-state index contributed by atoms with van der Waals surface area (Å²) in [7, 11) is 2.05. The number of rotatable bonds is 6. The van der Waals surface area contributed by atoms with Crippen molar-refractivity contribution < 1.29 is 9.59 Å². The van der Waals surface area contributed by atoms with Crippen LogP contribution in [0, 0.1) is 5.92 Å². The van der Waals surface area contributed by atoms with E-state index in [0.29, 0.717) is 18.7 Å². The molecule has 7 nitrogen and oxygen atoms in total. The van der Waals surface area contributed by atoms with E-state index in [4.69, 9.17) is 10.7 Å². The Balaban J connectivity index is 1.66. The number of amides is 2. The number of nitrogens with zero attached hydrogens (tertiary/aromatic N) is 4. The van der Waals surface area contributed by atoms with E-state index in [2.05, 4.69) is 36.4 Å². The number of carbonyl (C=O) groups excluding carboxylic acids is 2. The Hall–Kier alpha value is -2.87. The van der Waals surface area contributed by atoms with Gasteiger partial charge in [0.05, 0.1) is 23.7 Å². The lowest BCUT2D eigenvalue weighted by Gasteiger charge is -2.31. The molecular formula is C22H27N5O2S. The quantitative estimate of drug-likeness (QED) is 0.658. The first kappa shape index (κ1) is 20.4. The van der Waals surface area contributed by atoms with Crippen molar-refractivity contribution >= 4 is 34.6 Å². The van der Waals surface area contributed by atoms with Gasteiger partial charge in [-0.2, -0.15) is 0 Å². The number of pyridine rings is 1. The largest absolute Gasteiger partial charge is 0.369 e. The molecule has 1 aliphatic heterocycles. The first-order valence-corrected chi connectivity index (χ1v) is 11.2. The number of aryl methyl sites for hydroxylation is 1. The van der Waals surface area contributed by atoms with Crippen LogP contribution < -0.4 is 10.6 Å². The summed E-state index contributed by atoms with van der Waals surface area (Å²) < 4.78 is 2.01. The number of likely N-dealkylation sites (tertiary alicyclic amines) is 1. The van der Waals surface area contributed by atoms with Crippen molar-refractivity contribution in [1.82, 2.24) is 14.3 Å². The molecule has 0 aromatic carbocycles. The molecule has 4 heterocycles.